The Kier molecular flexibility index (Phi) is 3.72. The van der Waals surface area contributed by atoms with Crippen LogP contribution in [0, 0.1) is 0 Å². The van der Waals surface area contributed by atoms with Gasteiger partial charge in [0.1, 0.15) is 0 Å². The molecule has 0 aromatic heterocycles. The van der Waals surface area contributed by atoms with Gasteiger partial charge in [-0.25, -0.2) is 0 Å². The van der Waals surface area contributed by atoms with E-state index < -0.39 is 6.29 Å². The van der Waals surface area contributed by atoms with Crippen molar-refractivity contribution in [2.75, 3.05) is 6.61 Å². The van der Waals surface area contributed by atoms with E-state index in [0.717, 1.165) is 6.42 Å². The van der Waals surface area contributed by atoms with E-state index in [4.69, 9.17) is 14.6 Å². The Balaban J connectivity index is 1.74. The van der Waals surface area contributed by atoms with Crippen molar-refractivity contribution < 1.29 is 14.6 Å². The molecular weight excluding hydrogens is 192 g/mol. The molecule has 1 aromatic rings. The lowest BCUT2D eigenvalue weighted by Gasteiger charge is -2.25. The van der Waals surface area contributed by atoms with Gasteiger partial charge in [-0.15, -0.1) is 0 Å². The first-order valence-corrected chi connectivity index (χ1v) is 5.30. The third kappa shape index (κ3) is 3.30. The molecule has 3 nitrogen and oxygen atoms in total. The van der Waals surface area contributed by atoms with Crippen LogP contribution in [0.25, 0.3) is 0 Å². The van der Waals surface area contributed by atoms with Crippen LogP contribution in [-0.4, -0.2) is 24.1 Å². The molecule has 1 aromatic carbocycles. The summed E-state index contributed by atoms with van der Waals surface area (Å²) in [4.78, 5) is 0. The number of benzene rings is 1. The number of ether oxygens (including phenoxy) is 2. The van der Waals surface area contributed by atoms with E-state index in [0.29, 0.717) is 19.6 Å². The van der Waals surface area contributed by atoms with E-state index in [9.17, 15) is 0 Å². The van der Waals surface area contributed by atoms with Gasteiger partial charge in [-0.3, -0.25) is 0 Å². The van der Waals surface area contributed by atoms with Gasteiger partial charge in [-0.05, 0) is 12.0 Å². The lowest BCUT2D eigenvalue weighted by molar-refractivity contribution is -0.169. The molecule has 0 amide bonds. The topological polar surface area (TPSA) is 38.7 Å². The molecule has 1 N–H and O–H groups in total. The number of aliphatic hydroxyl groups excluding tert-OH is 1. The second-order valence-electron chi connectivity index (χ2n) is 3.78. The molecule has 82 valence electrons. The Bertz CT molecular complexity index is 278. The van der Waals surface area contributed by atoms with Gasteiger partial charge < -0.3 is 14.6 Å². The molecule has 2 rings (SSSR count). The molecule has 0 aliphatic carbocycles. The normalized spacial score (nSPS) is 26.5. The summed E-state index contributed by atoms with van der Waals surface area (Å²) in [6.07, 6.45) is 1.06. The molecule has 1 fully saturated rings. The van der Waals surface area contributed by atoms with Crippen LogP contribution in [0.3, 0.4) is 0 Å². The third-order valence-electron chi connectivity index (χ3n) is 2.54. The van der Waals surface area contributed by atoms with Gasteiger partial charge in [-0.1, -0.05) is 30.3 Å². The molecule has 2 unspecified atom stereocenters. The molecule has 0 saturated carbocycles. The fourth-order valence-electron chi connectivity index (χ4n) is 1.63. The summed E-state index contributed by atoms with van der Waals surface area (Å²) >= 11 is 0. The van der Waals surface area contributed by atoms with Crippen LogP contribution in [0.1, 0.15) is 18.4 Å². The van der Waals surface area contributed by atoms with E-state index >= 15 is 0 Å². The predicted molar refractivity (Wildman–Crippen MR) is 56.2 cm³/mol. The van der Waals surface area contributed by atoms with Crippen LogP contribution in [0.4, 0.5) is 0 Å². The SMILES string of the molecule is OC1CCC(OCc2ccccc2)CO1. The van der Waals surface area contributed by atoms with E-state index in [2.05, 4.69) is 0 Å². The fraction of sp³-hybridized carbons (Fsp3) is 0.500. The van der Waals surface area contributed by atoms with Gasteiger partial charge in [0.15, 0.2) is 6.29 Å². The zero-order valence-electron chi connectivity index (χ0n) is 8.63. The maximum atomic E-state index is 9.13. The minimum atomic E-state index is -0.596. The van der Waals surface area contributed by atoms with Crippen molar-refractivity contribution in [1.82, 2.24) is 0 Å². The van der Waals surface area contributed by atoms with E-state index in [1.807, 2.05) is 30.3 Å². The van der Waals surface area contributed by atoms with Crippen molar-refractivity contribution >= 4 is 0 Å². The molecule has 0 radical (unpaired) electrons. The summed E-state index contributed by atoms with van der Waals surface area (Å²) in [7, 11) is 0. The Labute approximate surface area is 89.6 Å². The average Bonchev–Trinajstić information content (AvgIpc) is 2.30. The highest BCUT2D eigenvalue weighted by Crippen LogP contribution is 2.15. The monoisotopic (exact) mass is 208 g/mol. The highest BCUT2D eigenvalue weighted by molar-refractivity contribution is 5.13. The lowest BCUT2D eigenvalue weighted by Crippen LogP contribution is -2.31. The lowest BCUT2D eigenvalue weighted by atomic mass is 10.1. The van der Waals surface area contributed by atoms with Crippen LogP contribution in [-0.2, 0) is 16.1 Å². The Morgan fingerprint density at radius 2 is 2.07 bits per heavy atom. The second-order valence-corrected chi connectivity index (χ2v) is 3.78. The van der Waals surface area contributed by atoms with Gasteiger partial charge in [0.2, 0.25) is 0 Å². The maximum absolute atomic E-state index is 9.13. The minimum absolute atomic E-state index is 0.119. The van der Waals surface area contributed by atoms with Crippen LogP contribution < -0.4 is 0 Å². The molecule has 1 aliphatic rings. The third-order valence-corrected chi connectivity index (χ3v) is 2.54. The summed E-state index contributed by atoms with van der Waals surface area (Å²) in [5.74, 6) is 0. The quantitative estimate of drug-likeness (QED) is 0.821. The van der Waals surface area contributed by atoms with Gasteiger partial charge in [0, 0.05) is 6.42 Å². The summed E-state index contributed by atoms with van der Waals surface area (Å²) in [5.41, 5.74) is 1.17. The van der Waals surface area contributed by atoms with Gasteiger partial charge >= 0.3 is 0 Å². The molecule has 0 spiro atoms. The standard InChI is InChI=1S/C12H16O3/c13-12-7-6-11(9-15-12)14-8-10-4-2-1-3-5-10/h1-5,11-13H,6-9H2. The Hall–Kier alpha value is -0.900. The smallest absolute Gasteiger partial charge is 0.154 e. The Morgan fingerprint density at radius 1 is 1.27 bits per heavy atom. The highest BCUT2D eigenvalue weighted by Gasteiger charge is 2.19. The zero-order chi connectivity index (χ0) is 10.5. The van der Waals surface area contributed by atoms with Crippen LogP contribution in [0.2, 0.25) is 0 Å². The van der Waals surface area contributed by atoms with E-state index in [1.165, 1.54) is 5.56 Å². The number of hydrogen-bond acceptors (Lipinski definition) is 3. The van der Waals surface area contributed by atoms with Crippen molar-refractivity contribution in [3.05, 3.63) is 35.9 Å². The molecule has 3 heteroatoms. The molecule has 2 atom stereocenters. The highest BCUT2D eigenvalue weighted by atomic mass is 16.6. The van der Waals surface area contributed by atoms with Crippen molar-refractivity contribution in [1.29, 1.82) is 0 Å². The molecule has 15 heavy (non-hydrogen) atoms. The summed E-state index contributed by atoms with van der Waals surface area (Å²) in [6.45, 7) is 1.11. The van der Waals surface area contributed by atoms with Crippen LogP contribution in [0.5, 0.6) is 0 Å². The second kappa shape index (κ2) is 5.26. The predicted octanol–water partition coefficient (Wildman–Crippen LogP) is 1.70. The van der Waals surface area contributed by atoms with Gasteiger partial charge in [-0.2, -0.15) is 0 Å². The van der Waals surface area contributed by atoms with Gasteiger partial charge in [0.05, 0.1) is 19.3 Å². The first-order chi connectivity index (χ1) is 7.34. The first-order valence-electron chi connectivity index (χ1n) is 5.30. The summed E-state index contributed by atoms with van der Waals surface area (Å²) < 4.78 is 10.8. The molecular formula is C12H16O3. The fourth-order valence-corrected chi connectivity index (χ4v) is 1.63. The largest absolute Gasteiger partial charge is 0.371 e. The zero-order valence-corrected chi connectivity index (χ0v) is 8.63. The number of hydrogen-bond donors (Lipinski definition) is 1. The summed E-state index contributed by atoms with van der Waals surface area (Å²) in [5, 5.41) is 9.13. The molecule has 0 bridgehead atoms. The molecule has 1 saturated heterocycles. The molecule has 1 heterocycles. The van der Waals surface area contributed by atoms with Crippen LogP contribution >= 0.6 is 0 Å². The van der Waals surface area contributed by atoms with Crippen molar-refractivity contribution in [2.24, 2.45) is 0 Å². The van der Waals surface area contributed by atoms with E-state index in [1.54, 1.807) is 0 Å². The van der Waals surface area contributed by atoms with Gasteiger partial charge in [0.25, 0.3) is 0 Å². The number of aliphatic hydroxyl groups is 1. The van der Waals surface area contributed by atoms with Crippen LogP contribution in [0.15, 0.2) is 30.3 Å². The maximum Gasteiger partial charge on any atom is 0.154 e. The van der Waals surface area contributed by atoms with Crippen molar-refractivity contribution in [3.63, 3.8) is 0 Å². The molecule has 1 aliphatic heterocycles. The number of rotatable bonds is 3. The van der Waals surface area contributed by atoms with Crippen molar-refractivity contribution in [3.8, 4) is 0 Å². The minimum Gasteiger partial charge on any atom is -0.371 e. The summed E-state index contributed by atoms with van der Waals surface area (Å²) in [6, 6.07) is 10.1. The first kappa shape index (κ1) is 10.6. The van der Waals surface area contributed by atoms with Crippen molar-refractivity contribution in [2.45, 2.75) is 31.8 Å². The average molecular weight is 208 g/mol. The Morgan fingerprint density at radius 3 is 2.73 bits per heavy atom. The van der Waals surface area contributed by atoms with E-state index in [-0.39, 0.29) is 6.10 Å².